The third-order valence-electron chi connectivity index (χ3n) is 4.57. The van der Waals surface area contributed by atoms with Gasteiger partial charge < -0.3 is 15.3 Å². The molecular weight excluding hydrogens is 214 g/mol. The molecule has 0 saturated carbocycles. The molecule has 17 heavy (non-hydrogen) atoms. The predicted octanol–water partition coefficient (Wildman–Crippen LogP) is -0.121. The number of nitrogens with zero attached hydrogens (tertiary/aromatic N) is 2. The van der Waals surface area contributed by atoms with E-state index in [1.165, 1.54) is 45.4 Å². The van der Waals surface area contributed by atoms with Crippen molar-refractivity contribution in [2.75, 3.05) is 39.3 Å². The van der Waals surface area contributed by atoms with E-state index in [9.17, 15) is 5.11 Å². The molecule has 0 aliphatic carbocycles. The molecular formula is C13H25N3O. The Kier molecular flexibility index (Phi) is 3.66. The molecule has 0 aromatic carbocycles. The number of hydrogen-bond acceptors (Lipinski definition) is 4. The summed E-state index contributed by atoms with van der Waals surface area (Å²) in [5, 5.41) is 13.0. The number of aliphatic hydroxyl groups excluding tert-OH is 1. The van der Waals surface area contributed by atoms with E-state index in [-0.39, 0.29) is 6.10 Å². The van der Waals surface area contributed by atoms with Crippen LogP contribution in [0.2, 0.25) is 0 Å². The van der Waals surface area contributed by atoms with Gasteiger partial charge >= 0.3 is 0 Å². The lowest BCUT2D eigenvalue weighted by Gasteiger charge is -2.27. The van der Waals surface area contributed by atoms with Crippen LogP contribution in [0.4, 0.5) is 0 Å². The maximum absolute atomic E-state index is 9.55. The monoisotopic (exact) mass is 239 g/mol. The summed E-state index contributed by atoms with van der Waals surface area (Å²) in [6.07, 6.45) is 4.90. The van der Waals surface area contributed by atoms with Crippen molar-refractivity contribution in [3.8, 4) is 0 Å². The molecule has 3 aliphatic heterocycles. The van der Waals surface area contributed by atoms with Crippen LogP contribution in [0.1, 0.15) is 25.7 Å². The molecule has 4 heteroatoms. The Morgan fingerprint density at radius 1 is 1.18 bits per heavy atom. The quantitative estimate of drug-likeness (QED) is 0.705. The van der Waals surface area contributed by atoms with Gasteiger partial charge in [-0.3, -0.25) is 4.90 Å². The fourth-order valence-electron chi connectivity index (χ4n) is 3.70. The van der Waals surface area contributed by atoms with E-state index in [1.807, 2.05) is 0 Å². The van der Waals surface area contributed by atoms with Gasteiger partial charge in [0.15, 0.2) is 0 Å². The van der Waals surface area contributed by atoms with Gasteiger partial charge in [0, 0.05) is 31.7 Å². The van der Waals surface area contributed by atoms with Gasteiger partial charge in [0.2, 0.25) is 0 Å². The van der Waals surface area contributed by atoms with Crippen LogP contribution in [0.25, 0.3) is 0 Å². The van der Waals surface area contributed by atoms with Crippen molar-refractivity contribution in [3.63, 3.8) is 0 Å². The van der Waals surface area contributed by atoms with Crippen LogP contribution >= 0.6 is 0 Å². The first-order chi connectivity index (χ1) is 8.31. The molecule has 3 saturated heterocycles. The maximum atomic E-state index is 9.55. The molecule has 3 atom stereocenters. The minimum atomic E-state index is -0.116. The second-order valence-corrected chi connectivity index (χ2v) is 5.94. The first kappa shape index (κ1) is 11.9. The lowest BCUT2D eigenvalue weighted by atomic mass is 10.1. The Labute approximate surface area is 104 Å². The zero-order chi connectivity index (χ0) is 11.7. The molecule has 3 aliphatic rings. The summed E-state index contributed by atoms with van der Waals surface area (Å²) in [5.74, 6) is 0. The molecule has 0 spiro atoms. The smallest absolute Gasteiger partial charge is 0.0680 e. The molecule has 0 radical (unpaired) electrons. The van der Waals surface area contributed by atoms with Gasteiger partial charge in [-0.2, -0.15) is 0 Å². The number of rotatable bonds is 2. The van der Waals surface area contributed by atoms with Gasteiger partial charge in [0.25, 0.3) is 0 Å². The normalized spacial score (nSPS) is 40.4. The highest BCUT2D eigenvalue weighted by molar-refractivity contribution is 4.88. The second kappa shape index (κ2) is 5.22. The average Bonchev–Trinajstić information content (AvgIpc) is 2.85. The van der Waals surface area contributed by atoms with E-state index in [0.29, 0.717) is 6.04 Å². The molecule has 0 amide bonds. The van der Waals surface area contributed by atoms with Gasteiger partial charge in [-0.05, 0) is 45.3 Å². The number of aliphatic hydroxyl groups is 1. The first-order valence-corrected chi connectivity index (χ1v) is 7.19. The summed E-state index contributed by atoms with van der Waals surface area (Å²) in [4.78, 5) is 5.29. The highest BCUT2D eigenvalue weighted by atomic mass is 16.3. The summed E-state index contributed by atoms with van der Waals surface area (Å²) < 4.78 is 0. The van der Waals surface area contributed by atoms with Crippen LogP contribution in [0, 0.1) is 0 Å². The fourth-order valence-corrected chi connectivity index (χ4v) is 3.70. The minimum absolute atomic E-state index is 0.116. The van der Waals surface area contributed by atoms with Crippen molar-refractivity contribution in [2.24, 2.45) is 0 Å². The SMILES string of the molecule is OC1CNC(CN2CCCN3CCCC3C2)C1. The lowest BCUT2D eigenvalue weighted by molar-refractivity contribution is 0.182. The van der Waals surface area contributed by atoms with Gasteiger partial charge in [-0.25, -0.2) is 0 Å². The zero-order valence-corrected chi connectivity index (χ0v) is 10.6. The summed E-state index contributed by atoms with van der Waals surface area (Å²) >= 11 is 0. The third kappa shape index (κ3) is 2.81. The van der Waals surface area contributed by atoms with Gasteiger partial charge in [0.1, 0.15) is 0 Å². The average molecular weight is 239 g/mol. The van der Waals surface area contributed by atoms with Gasteiger partial charge in [0.05, 0.1) is 6.10 Å². The van der Waals surface area contributed by atoms with Crippen molar-refractivity contribution < 1.29 is 5.11 Å². The van der Waals surface area contributed by atoms with Gasteiger partial charge in [-0.15, -0.1) is 0 Å². The summed E-state index contributed by atoms with van der Waals surface area (Å²) in [5.41, 5.74) is 0. The van der Waals surface area contributed by atoms with E-state index < -0.39 is 0 Å². The first-order valence-electron chi connectivity index (χ1n) is 7.19. The fraction of sp³-hybridized carbons (Fsp3) is 1.00. The minimum Gasteiger partial charge on any atom is -0.392 e. The zero-order valence-electron chi connectivity index (χ0n) is 10.6. The van der Waals surface area contributed by atoms with Crippen LogP contribution in [-0.2, 0) is 0 Å². The number of nitrogens with one attached hydrogen (secondary N) is 1. The second-order valence-electron chi connectivity index (χ2n) is 5.94. The van der Waals surface area contributed by atoms with E-state index in [4.69, 9.17) is 0 Å². The van der Waals surface area contributed by atoms with Crippen molar-refractivity contribution in [2.45, 2.75) is 43.9 Å². The third-order valence-corrected chi connectivity index (χ3v) is 4.57. The molecule has 2 N–H and O–H groups in total. The van der Waals surface area contributed by atoms with Crippen molar-refractivity contribution in [1.82, 2.24) is 15.1 Å². The van der Waals surface area contributed by atoms with E-state index in [0.717, 1.165) is 25.6 Å². The number of β-amino-alcohol motifs (C(OH)–C–C–N with tert-alkyl or cyclic N) is 1. The Balaban J connectivity index is 1.52. The van der Waals surface area contributed by atoms with E-state index >= 15 is 0 Å². The van der Waals surface area contributed by atoms with Crippen LogP contribution < -0.4 is 5.32 Å². The summed E-state index contributed by atoms with van der Waals surface area (Å²) in [6.45, 7) is 7.01. The number of hydrogen-bond donors (Lipinski definition) is 2. The van der Waals surface area contributed by atoms with Crippen LogP contribution in [0.15, 0.2) is 0 Å². The molecule has 98 valence electrons. The topological polar surface area (TPSA) is 38.7 Å². The molecule has 4 nitrogen and oxygen atoms in total. The number of fused-ring (bicyclic) bond motifs is 1. The molecule has 3 rings (SSSR count). The van der Waals surface area contributed by atoms with Gasteiger partial charge in [-0.1, -0.05) is 0 Å². The van der Waals surface area contributed by atoms with E-state index in [1.54, 1.807) is 0 Å². The molecule has 3 fully saturated rings. The van der Waals surface area contributed by atoms with E-state index in [2.05, 4.69) is 15.1 Å². The van der Waals surface area contributed by atoms with Crippen molar-refractivity contribution in [1.29, 1.82) is 0 Å². The highest BCUT2D eigenvalue weighted by Gasteiger charge is 2.30. The molecule has 0 bridgehead atoms. The highest BCUT2D eigenvalue weighted by Crippen LogP contribution is 2.21. The largest absolute Gasteiger partial charge is 0.392 e. The van der Waals surface area contributed by atoms with Crippen LogP contribution in [0.3, 0.4) is 0 Å². The van der Waals surface area contributed by atoms with Crippen molar-refractivity contribution in [3.05, 3.63) is 0 Å². The molecule has 0 aromatic rings. The Morgan fingerprint density at radius 3 is 2.88 bits per heavy atom. The molecule has 3 heterocycles. The predicted molar refractivity (Wildman–Crippen MR) is 68.1 cm³/mol. The van der Waals surface area contributed by atoms with Crippen LogP contribution in [-0.4, -0.2) is 72.4 Å². The standard InChI is InChI=1S/C13H25N3O/c17-13-7-11(14-8-13)9-15-4-2-6-16-5-1-3-12(16)10-15/h11-14,17H,1-10H2. The Bertz CT molecular complexity index is 261. The van der Waals surface area contributed by atoms with Crippen molar-refractivity contribution >= 4 is 0 Å². The maximum Gasteiger partial charge on any atom is 0.0680 e. The molecule has 0 aromatic heterocycles. The molecule has 3 unspecified atom stereocenters. The Hall–Kier alpha value is -0.160. The lowest BCUT2D eigenvalue weighted by Crippen LogP contribution is -2.42. The summed E-state index contributed by atoms with van der Waals surface area (Å²) in [6, 6.07) is 1.32. The summed E-state index contributed by atoms with van der Waals surface area (Å²) in [7, 11) is 0. The Morgan fingerprint density at radius 2 is 2.06 bits per heavy atom. The van der Waals surface area contributed by atoms with Crippen LogP contribution in [0.5, 0.6) is 0 Å².